The van der Waals surface area contributed by atoms with Gasteiger partial charge in [-0.2, -0.15) is 4.98 Å². The second kappa shape index (κ2) is 5.41. The lowest BCUT2D eigenvalue weighted by atomic mass is 10.0. The third kappa shape index (κ3) is 2.64. The van der Waals surface area contributed by atoms with Gasteiger partial charge in [-0.15, -0.1) is 0 Å². The lowest BCUT2D eigenvalue weighted by molar-refractivity contribution is 0.462. The van der Waals surface area contributed by atoms with E-state index in [-0.39, 0.29) is 11.0 Å². The topological polar surface area (TPSA) is 55.2 Å². The van der Waals surface area contributed by atoms with E-state index in [1.165, 1.54) is 0 Å². The lowest BCUT2D eigenvalue weighted by Crippen LogP contribution is -1.89. The minimum Gasteiger partial charge on any atom is -0.508 e. The van der Waals surface area contributed by atoms with Gasteiger partial charge in [-0.1, -0.05) is 24.3 Å². The van der Waals surface area contributed by atoms with Crippen molar-refractivity contribution in [3.8, 4) is 17.4 Å². The molecule has 0 fully saturated rings. The van der Waals surface area contributed by atoms with E-state index in [2.05, 4.69) is 9.97 Å². The van der Waals surface area contributed by atoms with Gasteiger partial charge in [-0.25, -0.2) is 4.98 Å². The first-order chi connectivity index (χ1) is 11.2. The Kier molecular flexibility index (Phi) is 3.24. The molecule has 0 amide bonds. The summed E-state index contributed by atoms with van der Waals surface area (Å²) in [6.07, 6.45) is 1.55. The number of benzene rings is 3. The van der Waals surface area contributed by atoms with Crippen molar-refractivity contribution in [1.82, 2.24) is 9.97 Å². The van der Waals surface area contributed by atoms with Crippen molar-refractivity contribution >= 4 is 33.1 Å². The fourth-order valence-electron chi connectivity index (χ4n) is 2.60. The summed E-state index contributed by atoms with van der Waals surface area (Å²) in [5.74, 6) is 1.33. The Morgan fingerprint density at radius 3 is 2.39 bits per heavy atom. The number of phenols is 1. The Bertz CT molecular complexity index is 1030. The number of phenolic OH excluding ortho intramolecular Hbond substituents is 1. The molecule has 0 atom stereocenters. The maximum absolute atomic E-state index is 9.59. The highest BCUT2D eigenvalue weighted by molar-refractivity contribution is 6.28. The van der Waals surface area contributed by atoms with Gasteiger partial charge in [0.25, 0.3) is 0 Å². The summed E-state index contributed by atoms with van der Waals surface area (Å²) in [5, 5.41) is 13.9. The number of aromatic nitrogens is 2. The molecule has 3 aromatic carbocycles. The number of hydrogen-bond donors (Lipinski definition) is 1. The SMILES string of the molecule is Oc1ccc2c(ccc3cc(Oc4ccnc(Cl)n4)ccc32)c1. The average molecular weight is 323 g/mol. The first kappa shape index (κ1) is 13.8. The van der Waals surface area contributed by atoms with Gasteiger partial charge in [0, 0.05) is 12.3 Å². The molecule has 0 aliphatic heterocycles. The summed E-state index contributed by atoms with van der Waals surface area (Å²) in [7, 11) is 0. The Morgan fingerprint density at radius 2 is 1.61 bits per heavy atom. The van der Waals surface area contributed by atoms with E-state index in [0.717, 1.165) is 21.5 Å². The fourth-order valence-corrected chi connectivity index (χ4v) is 2.74. The van der Waals surface area contributed by atoms with Crippen LogP contribution in [0.5, 0.6) is 17.4 Å². The third-order valence-electron chi connectivity index (χ3n) is 3.61. The lowest BCUT2D eigenvalue weighted by Gasteiger charge is -2.08. The first-order valence-electron chi connectivity index (χ1n) is 7.01. The van der Waals surface area contributed by atoms with Gasteiger partial charge in [0.15, 0.2) is 0 Å². The van der Waals surface area contributed by atoms with Crippen molar-refractivity contribution in [2.24, 2.45) is 0 Å². The zero-order valence-corrected chi connectivity index (χ0v) is 12.7. The zero-order valence-electron chi connectivity index (χ0n) is 11.9. The van der Waals surface area contributed by atoms with Crippen LogP contribution in [0.1, 0.15) is 0 Å². The van der Waals surface area contributed by atoms with Crippen LogP contribution >= 0.6 is 11.6 Å². The number of hydrogen-bond acceptors (Lipinski definition) is 4. The maximum atomic E-state index is 9.59. The van der Waals surface area contributed by atoms with Crippen LogP contribution in [-0.2, 0) is 0 Å². The molecule has 1 aromatic heterocycles. The second-order valence-electron chi connectivity index (χ2n) is 5.12. The Balaban J connectivity index is 1.79. The maximum Gasteiger partial charge on any atom is 0.225 e. The monoisotopic (exact) mass is 322 g/mol. The van der Waals surface area contributed by atoms with Crippen molar-refractivity contribution in [2.75, 3.05) is 0 Å². The molecule has 1 N–H and O–H groups in total. The number of halogens is 1. The molecule has 5 heteroatoms. The van der Waals surface area contributed by atoms with E-state index in [1.54, 1.807) is 24.4 Å². The van der Waals surface area contributed by atoms with Gasteiger partial charge < -0.3 is 9.84 Å². The molecule has 0 bridgehead atoms. The Labute approximate surface area is 137 Å². The molecule has 4 nitrogen and oxygen atoms in total. The molecular formula is C18H11ClN2O2. The third-order valence-corrected chi connectivity index (χ3v) is 3.80. The molecule has 4 rings (SSSR count). The molecule has 0 saturated carbocycles. The summed E-state index contributed by atoms with van der Waals surface area (Å²) in [5.41, 5.74) is 0. The summed E-state index contributed by atoms with van der Waals surface area (Å²) >= 11 is 5.76. The second-order valence-corrected chi connectivity index (χ2v) is 5.46. The van der Waals surface area contributed by atoms with Crippen LogP contribution in [0.4, 0.5) is 0 Å². The Hall–Kier alpha value is -2.85. The molecule has 0 spiro atoms. The summed E-state index contributed by atoms with van der Waals surface area (Å²) in [6.45, 7) is 0. The van der Waals surface area contributed by atoms with Gasteiger partial charge in [-0.05, 0) is 57.4 Å². The highest BCUT2D eigenvalue weighted by Crippen LogP contribution is 2.31. The van der Waals surface area contributed by atoms with Crippen LogP contribution in [0.3, 0.4) is 0 Å². The summed E-state index contributed by atoms with van der Waals surface area (Å²) < 4.78 is 5.72. The zero-order chi connectivity index (χ0) is 15.8. The van der Waals surface area contributed by atoms with E-state index in [4.69, 9.17) is 16.3 Å². The van der Waals surface area contributed by atoms with Crippen LogP contribution in [0.25, 0.3) is 21.5 Å². The average Bonchev–Trinajstić information content (AvgIpc) is 2.54. The number of fused-ring (bicyclic) bond motifs is 3. The molecule has 0 unspecified atom stereocenters. The number of nitrogens with zero attached hydrogens (tertiary/aromatic N) is 2. The predicted octanol–water partition coefficient (Wildman–Crippen LogP) is 4.93. The van der Waals surface area contributed by atoms with Crippen molar-refractivity contribution in [1.29, 1.82) is 0 Å². The van der Waals surface area contributed by atoms with Crippen molar-refractivity contribution < 1.29 is 9.84 Å². The smallest absolute Gasteiger partial charge is 0.225 e. The van der Waals surface area contributed by atoms with Gasteiger partial charge in [-0.3, -0.25) is 0 Å². The summed E-state index contributed by atoms with van der Waals surface area (Å²) in [6, 6.07) is 16.8. The molecule has 0 saturated heterocycles. The van der Waals surface area contributed by atoms with Crippen molar-refractivity contribution in [2.45, 2.75) is 0 Å². The quantitative estimate of drug-likeness (QED) is 0.420. The van der Waals surface area contributed by atoms with Crippen LogP contribution in [0, 0.1) is 0 Å². The highest BCUT2D eigenvalue weighted by Gasteiger charge is 2.05. The van der Waals surface area contributed by atoms with E-state index >= 15 is 0 Å². The summed E-state index contributed by atoms with van der Waals surface area (Å²) in [4.78, 5) is 7.84. The molecule has 1 heterocycles. The first-order valence-corrected chi connectivity index (χ1v) is 7.39. The van der Waals surface area contributed by atoms with Crippen LogP contribution in [0.2, 0.25) is 5.28 Å². The van der Waals surface area contributed by atoms with Gasteiger partial charge >= 0.3 is 0 Å². The van der Waals surface area contributed by atoms with Gasteiger partial charge in [0.2, 0.25) is 11.2 Å². The van der Waals surface area contributed by atoms with Gasteiger partial charge in [0.05, 0.1) is 0 Å². The molecule has 0 radical (unpaired) electrons. The largest absolute Gasteiger partial charge is 0.508 e. The molecule has 0 aliphatic rings. The van der Waals surface area contributed by atoms with Gasteiger partial charge in [0.1, 0.15) is 11.5 Å². The van der Waals surface area contributed by atoms with Crippen LogP contribution in [0.15, 0.2) is 60.8 Å². The highest BCUT2D eigenvalue weighted by atomic mass is 35.5. The predicted molar refractivity (Wildman–Crippen MR) is 90.2 cm³/mol. The molecular weight excluding hydrogens is 312 g/mol. The molecule has 23 heavy (non-hydrogen) atoms. The normalized spacial score (nSPS) is 11.0. The van der Waals surface area contributed by atoms with Crippen molar-refractivity contribution in [3.63, 3.8) is 0 Å². The molecule has 0 aliphatic carbocycles. The van der Waals surface area contributed by atoms with E-state index in [9.17, 15) is 5.11 Å². The standard InChI is InChI=1S/C18H11ClN2O2/c19-18-20-8-7-17(21-18)23-14-4-6-16-12(10-14)2-1-11-9-13(22)3-5-15(11)16/h1-10,22H. The molecule has 112 valence electrons. The van der Waals surface area contributed by atoms with E-state index < -0.39 is 0 Å². The molecule has 4 aromatic rings. The number of rotatable bonds is 2. The number of aromatic hydroxyl groups is 1. The minimum atomic E-state index is 0.147. The number of ether oxygens (including phenoxy) is 1. The van der Waals surface area contributed by atoms with Crippen molar-refractivity contribution in [3.05, 3.63) is 66.1 Å². The fraction of sp³-hybridized carbons (Fsp3) is 0. The minimum absolute atomic E-state index is 0.147. The Morgan fingerprint density at radius 1 is 0.870 bits per heavy atom. The van der Waals surface area contributed by atoms with E-state index in [1.807, 2.05) is 36.4 Å². The van der Waals surface area contributed by atoms with Crippen LogP contribution < -0.4 is 4.74 Å². The van der Waals surface area contributed by atoms with E-state index in [0.29, 0.717) is 11.6 Å². The van der Waals surface area contributed by atoms with Crippen LogP contribution in [-0.4, -0.2) is 15.1 Å².